The van der Waals surface area contributed by atoms with E-state index in [9.17, 15) is 14.4 Å². The number of benzene rings is 4. The Labute approximate surface area is 234 Å². The summed E-state index contributed by atoms with van der Waals surface area (Å²) in [6.45, 7) is 2.07. The van der Waals surface area contributed by atoms with Gasteiger partial charge in [0.25, 0.3) is 11.8 Å². The predicted molar refractivity (Wildman–Crippen MR) is 151 cm³/mol. The monoisotopic (exact) mass is 563 g/mol. The molecule has 39 heavy (non-hydrogen) atoms. The lowest BCUT2D eigenvalue weighted by Gasteiger charge is -2.11. The maximum atomic E-state index is 12.8. The number of nitrogens with zero attached hydrogens (tertiary/aromatic N) is 1. The molecule has 0 unspecified atom stereocenters. The molecule has 0 saturated heterocycles. The molecule has 0 aromatic heterocycles. The van der Waals surface area contributed by atoms with E-state index in [-0.39, 0.29) is 22.9 Å². The Morgan fingerprint density at radius 3 is 2.38 bits per heavy atom. The molecular weight excluding hydrogens is 541 g/mol. The first-order valence-corrected chi connectivity index (χ1v) is 12.6. The smallest absolute Gasteiger partial charge is 0.343 e. The molecule has 0 atom stereocenters. The summed E-state index contributed by atoms with van der Waals surface area (Å²) in [5, 5.41) is 8.71. The lowest BCUT2D eigenvalue weighted by atomic mass is 10.0. The number of hydrogen-bond donors (Lipinski definition) is 2. The van der Waals surface area contributed by atoms with Gasteiger partial charge in [-0.1, -0.05) is 53.5 Å². The molecule has 4 aromatic carbocycles. The van der Waals surface area contributed by atoms with Gasteiger partial charge in [-0.2, -0.15) is 5.10 Å². The van der Waals surface area contributed by atoms with Gasteiger partial charge in [-0.3, -0.25) is 9.59 Å². The summed E-state index contributed by atoms with van der Waals surface area (Å²) in [7, 11) is 0. The fourth-order valence-corrected chi connectivity index (χ4v) is 3.92. The minimum Gasteiger partial charge on any atom is -0.494 e. The summed E-state index contributed by atoms with van der Waals surface area (Å²) < 4.78 is 11.1. The molecule has 10 heteroatoms. The van der Waals surface area contributed by atoms with Gasteiger partial charge in [0.2, 0.25) is 0 Å². The molecule has 2 N–H and O–H groups in total. The van der Waals surface area contributed by atoms with E-state index in [1.54, 1.807) is 30.3 Å². The van der Waals surface area contributed by atoms with E-state index in [0.717, 1.165) is 10.8 Å². The Hall–Kier alpha value is -4.40. The average molecular weight is 564 g/mol. The number of fused-ring (bicyclic) bond motifs is 1. The highest BCUT2D eigenvalue weighted by Gasteiger charge is 2.14. The van der Waals surface area contributed by atoms with Gasteiger partial charge in [-0.25, -0.2) is 10.2 Å². The molecule has 4 aromatic rings. The van der Waals surface area contributed by atoms with E-state index in [4.69, 9.17) is 32.7 Å². The van der Waals surface area contributed by atoms with Crippen LogP contribution < -0.4 is 20.2 Å². The van der Waals surface area contributed by atoms with Crippen LogP contribution in [0.15, 0.2) is 84.0 Å². The SMILES string of the molecule is CCOc1ccc(C(=O)Oc2ccc3ccccc3c2/C=N\NC(=O)CNC(=O)c2ccc(Cl)c(Cl)c2)cc1. The lowest BCUT2D eigenvalue weighted by molar-refractivity contribution is -0.120. The molecule has 0 fully saturated rings. The summed E-state index contributed by atoms with van der Waals surface area (Å²) >= 11 is 11.8. The molecule has 198 valence electrons. The topological polar surface area (TPSA) is 106 Å². The normalized spacial score (nSPS) is 10.8. The van der Waals surface area contributed by atoms with E-state index in [2.05, 4.69) is 15.8 Å². The molecule has 4 rings (SSSR count). The second kappa shape index (κ2) is 12.9. The van der Waals surface area contributed by atoms with Crippen LogP contribution in [0.1, 0.15) is 33.2 Å². The Bertz CT molecular complexity index is 1550. The van der Waals surface area contributed by atoms with Crippen molar-refractivity contribution in [2.45, 2.75) is 6.92 Å². The van der Waals surface area contributed by atoms with Crippen molar-refractivity contribution in [3.63, 3.8) is 0 Å². The Morgan fingerprint density at radius 2 is 1.64 bits per heavy atom. The minimum absolute atomic E-state index is 0.229. The maximum Gasteiger partial charge on any atom is 0.343 e. The Balaban J connectivity index is 1.45. The summed E-state index contributed by atoms with van der Waals surface area (Å²) in [6.07, 6.45) is 1.39. The van der Waals surface area contributed by atoms with E-state index in [0.29, 0.717) is 28.5 Å². The quantitative estimate of drug-likeness (QED) is 0.118. The number of carbonyl (C=O) groups excluding carboxylic acids is 3. The van der Waals surface area contributed by atoms with Gasteiger partial charge >= 0.3 is 5.97 Å². The standard InChI is InChI=1S/C29H23Cl2N3O5/c1-2-38-21-11-7-19(8-12-21)29(37)39-26-14-10-18-5-3-4-6-22(18)23(26)16-33-34-27(35)17-32-28(36)20-9-13-24(30)25(31)15-20/h3-16H,2,17H2,1H3,(H,32,36)(H,34,35)/b33-16-. The molecule has 2 amide bonds. The molecule has 0 spiro atoms. The number of halogens is 2. The first-order chi connectivity index (χ1) is 18.9. The highest BCUT2D eigenvalue weighted by atomic mass is 35.5. The number of hydrazone groups is 1. The molecule has 0 aliphatic rings. The van der Waals surface area contributed by atoms with Crippen molar-refractivity contribution >= 4 is 58.0 Å². The van der Waals surface area contributed by atoms with Gasteiger partial charge < -0.3 is 14.8 Å². The van der Waals surface area contributed by atoms with E-state index >= 15 is 0 Å². The van der Waals surface area contributed by atoms with Gasteiger partial charge in [0.05, 0.1) is 35.0 Å². The van der Waals surface area contributed by atoms with Crippen LogP contribution in [0, 0.1) is 0 Å². The highest BCUT2D eigenvalue weighted by molar-refractivity contribution is 6.42. The van der Waals surface area contributed by atoms with E-state index in [1.165, 1.54) is 24.4 Å². The molecule has 0 aliphatic heterocycles. The zero-order valence-electron chi connectivity index (χ0n) is 20.7. The molecule has 0 heterocycles. The van der Waals surface area contributed by atoms with E-state index < -0.39 is 17.8 Å². The van der Waals surface area contributed by atoms with Gasteiger partial charge in [-0.15, -0.1) is 0 Å². The number of amides is 2. The zero-order chi connectivity index (χ0) is 27.8. The molecule has 0 bridgehead atoms. The van der Waals surface area contributed by atoms with Crippen molar-refractivity contribution in [3.05, 3.63) is 106 Å². The summed E-state index contributed by atoms with van der Waals surface area (Å²) in [4.78, 5) is 37.4. The number of carbonyl (C=O) groups is 3. The van der Waals surface area contributed by atoms with E-state index in [1.807, 2.05) is 37.3 Å². The highest BCUT2D eigenvalue weighted by Crippen LogP contribution is 2.28. The second-order valence-corrected chi connectivity index (χ2v) is 8.96. The Kier molecular flexibility index (Phi) is 9.14. The number of nitrogens with one attached hydrogen (secondary N) is 2. The predicted octanol–water partition coefficient (Wildman–Crippen LogP) is 5.64. The average Bonchev–Trinajstić information content (AvgIpc) is 2.94. The summed E-state index contributed by atoms with van der Waals surface area (Å²) in [6, 6.07) is 22.0. The summed E-state index contributed by atoms with van der Waals surface area (Å²) in [5.41, 5.74) is 3.47. The minimum atomic E-state index is -0.562. The van der Waals surface area contributed by atoms with Crippen LogP contribution in [0.3, 0.4) is 0 Å². The van der Waals surface area contributed by atoms with Crippen molar-refractivity contribution in [3.8, 4) is 11.5 Å². The van der Waals surface area contributed by atoms with Crippen LogP contribution in [-0.4, -0.2) is 37.1 Å². The van der Waals surface area contributed by atoms with Crippen LogP contribution in [0.2, 0.25) is 10.0 Å². The van der Waals surface area contributed by atoms with Crippen LogP contribution in [-0.2, 0) is 4.79 Å². The first kappa shape index (κ1) is 27.6. The number of ether oxygens (including phenoxy) is 2. The number of rotatable bonds is 9. The van der Waals surface area contributed by atoms with Gasteiger partial charge in [0, 0.05) is 11.1 Å². The van der Waals surface area contributed by atoms with Crippen LogP contribution in [0.5, 0.6) is 11.5 Å². The van der Waals surface area contributed by atoms with Crippen molar-refractivity contribution in [1.29, 1.82) is 0 Å². The van der Waals surface area contributed by atoms with Gasteiger partial charge in [-0.05, 0) is 66.2 Å². The fraction of sp³-hybridized carbons (Fsp3) is 0.103. The zero-order valence-corrected chi connectivity index (χ0v) is 22.3. The van der Waals surface area contributed by atoms with Gasteiger partial charge in [0.15, 0.2) is 0 Å². The molecule has 8 nitrogen and oxygen atoms in total. The largest absolute Gasteiger partial charge is 0.494 e. The van der Waals surface area contributed by atoms with Crippen LogP contribution in [0.25, 0.3) is 10.8 Å². The Morgan fingerprint density at radius 1 is 0.897 bits per heavy atom. The van der Waals surface area contributed by atoms with Gasteiger partial charge in [0.1, 0.15) is 11.5 Å². The molecule has 0 radical (unpaired) electrons. The third-order valence-corrected chi connectivity index (χ3v) is 6.25. The van der Waals surface area contributed by atoms with Crippen molar-refractivity contribution in [2.24, 2.45) is 5.10 Å². The van der Waals surface area contributed by atoms with Crippen LogP contribution >= 0.6 is 23.2 Å². The maximum absolute atomic E-state index is 12.8. The summed E-state index contributed by atoms with van der Waals surface area (Å²) in [5.74, 6) is -0.704. The fourth-order valence-electron chi connectivity index (χ4n) is 3.62. The molecule has 0 aliphatic carbocycles. The number of esters is 1. The lowest BCUT2D eigenvalue weighted by Crippen LogP contribution is -2.34. The number of hydrogen-bond acceptors (Lipinski definition) is 6. The van der Waals surface area contributed by atoms with Crippen LogP contribution in [0.4, 0.5) is 0 Å². The molecular formula is C29H23Cl2N3O5. The van der Waals surface area contributed by atoms with Crippen molar-refractivity contribution < 1.29 is 23.9 Å². The molecule has 0 saturated carbocycles. The third kappa shape index (κ3) is 7.13. The third-order valence-electron chi connectivity index (χ3n) is 5.51. The van der Waals surface area contributed by atoms with Crippen molar-refractivity contribution in [2.75, 3.05) is 13.2 Å². The second-order valence-electron chi connectivity index (χ2n) is 8.15. The van der Waals surface area contributed by atoms with Crippen molar-refractivity contribution in [1.82, 2.24) is 10.7 Å². The first-order valence-electron chi connectivity index (χ1n) is 11.9.